The molecule has 2 aromatic heterocycles. The number of benzene rings is 2. The summed E-state index contributed by atoms with van der Waals surface area (Å²) in [5.74, 6) is 0.0625. The van der Waals surface area contributed by atoms with Crippen molar-refractivity contribution in [1.29, 1.82) is 0 Å². The quantitative estimate of drug-likeness (QED) is 0.512. The fraction of sp³-hybridized carbons (Fsp3) is 0.174. The van der Waals surface area contributed by atoms with E-state index in [9.17, 15) is 14.3 Å². The summed E-state index contributed by atoms with van der Waals surface area (Å²) in [5, 5.41) is 9.71. The first-order valence-electron chi connectivity index (χ1n) is 9.91. The molecule has 0 saturated carbocycles. The minimum absolute atomic E-state index is 0.125. The zero-order valence-electron chi connectivity index (χ0n) is 16.5. The maximum Gasteiger partial charge on any atom is 0.213 e. The number of phenols is 1. The van der Waals surface area contributed by atoms with Crippen LogP contribution in [0, 0.1) is 5.82 Å². The van der Waals surface area contributed by atoms with E-state index in [2.05, 4.69) is 9.88 Å². The number of hydrogen-bond donors (Lipinski definition) is 1. The summed E-state index contributed by atoms with van der Waals surface area (Å²) in [4.78, 5) is 24.7. The number of fused-ring (bicyclic) bond motifs is 1. The van der Waals surface area contributed by atoms with Crippen molar-refractivity contribution < 1.29 is 19.0 Å². The van der Waals surface area contributed by atoms with Crippen LogP contribution in [0.5, 0.6) is 5.75 Å². The molecule has 31 heavy (non-hydrogen) atoms. The molecule has 0 radical (unpaired) electrons. The summed E-state index contributed by atoms with van der Waals surface area (Å²) in [6.07, 6.45) is 3.44. The Balaban J connectivity index is 1.72. The van der Waals surface area contributed by atoms with Crippen molar-refractivity contribution in [3.8, 4) is 17.0 Å². The van der Waals surface area contributed by atoms with Crippen LogP contribution in [0.2, 0.25) is 0 Å². The first kappa shape index (κ1) is 19.2. The van der Waals surface area contributed by atoms with Gasteiger partial charge in [-0.2, -0.15) is 0 Å². The number of aromatic hydroxyl groups is 1. The van der Waals surface area contributed by atoms with Gasteiger partial charge < -0.3 is 14.7 Å². The molecule has 0 spiro atoms. The van der Waals surface area contributed by atoms with E-state index in [0.29, 0.717) is 49.0 Å². The molecule has 1 aliphatic heterocycles. The lowest BCUT2D eigenvalue weighted by Crippen LogP contribution is -2.37. The smallest absolute Gasteiger partial charge is 0.213 e. The Hall–Kier alpha value is -3.78. The van der Waals surface area contributed by atoms with Crippen LogP contribution in [0.25, 0.3) is 16.9 Å². The van der Waals surface area contributed by atoms with Crippen LogP contribution >= 0.6 is 0 Å². The van der Waals surface area contributed by atoms with Crippen molar-refractivity contribution in [3.63, 3.8) is 0 Å². The third kappa shape index (κ3) is 3.51. The number of halogens is 1. The Labute approximate surface area is 177 Å². The van der Waals surface area contributed by atoms with Crippen LogP contribution in [0.15, 0.2) is 60.9 Å². The minimum atomic E-state index is -0.413. The average Bonchev–Trinajstić information content (AvgIpc) is 3.20. The topological polar surface area (TPSA) is 80.0 Å². The summed E-state index contributed by atoms with van der Waals surface area (Å²) in [6, 6.07) is 12.0. The molecule has 4 aromatic rings. The molecule has 0 aliphatic carbocycles. The highest BCUT2D eigenvalue weighted by molar-refractivity contribution is 6.12. The largest absolute Gasteiger partial charge is 0.508 e. The van der Waals surface area contributed by atoms with Crippen LogP contribution in [0.4, 0.5) is 10.2 Å². The number of rotatable bonds is 4. The zero-order valence-corrected chi connectivity index (χ0v) is 16.5. The number of hydrogen-bond acceptors (Lipinski definition) is 6. The highest BCUT2D eigenvalue weighted by Gasteiger charge is 2.25. The third-order valence-electron chi connectivity index (χ3n) is 5.30. The molecular weight excluding hydrogens is 399 g/mol. The molecule has 0 unspecified atom stereocenters. The van der Waals surface area contributed by atoms with Gasteiger partial charge in [-0.25, -0.2) is 14.4 Å². The van der Waals surface area contributed by atoms with Gasteiger partial charge in [0.2, 0.25) is 5.78 Å². The summed E-state index contributed by atoms with van der Waals surface area (Å²) < 4.78 is 20.7. The molecule has 1 N–H and O–H groups in total. The van der Waals surface area contributed by atoms with Crippen LogP contribution in [0.3, 0.4) is 0 Å². The van der Waals surface area contributed by atoms with Gasteiger partial charge in [-0.3, -0.25) is 9.20 Å². The molecule has 1 fully saturated rings. The number of ketones is 1. The second-order valence-electron chi connectivity index (χ2n) is 7.24. The number of carbonyl (C=O) groups is 1. The molecule has 8 heteroatoms. The van der Waals surface area contributed by atoms with Gasteiger partial charge in [0.25, 0.3) is 0 Å². The van der Waals surface area contributed by atoms with Gasteiger partial charge in [0.1, 0.15) is 17.3 Å². The number of aromatic nitrogens is 3. The number of imidazole rings is 1. The van der Waals surface area contributed by atoms with E-state index in [-0.39, 0.29) is 17.2 Å². The molecule has 0 atom stereocenters. The highest BCUT2D eigenvalue weighted by atomic mass is 19.1. The van der Waals surface area contributed by atoms with Gasteiger partial charge >= 0.3 is 0 Å². The minimum Gasteiger partial charge on any atom is -0.508 e. The number of nitrogens with zero attached hydrogens (tertiary/aromatic N) is 4. The van der Waals surface area contributed by atoms with E-state index in [1.807, 2.05) is 4.40 Å². The van der Waals surface area contributed by atoms with Gasteiger partial charge in [0, 0.05) is 36.6 Å². The number of morpholine rings is 1. The van der Waals surface area contributed by atoms with Crippen molar-refractivity contribution in [1.82, 2.24) is 14.4 Å². The molecule has 5 rings (SSSR count). The van der Waals surface area contributed by atoms with Crippen LogP contribution in [-0.2, 0) is 4.74 Å². The van der Waals surface area contributed by atoms with Crippen molar-refractivity contribution in [2.45, 2.75) is 0 Å². The second-order valence-corrected chi connectivity index (χ2v) is 7.24. The molecular formula is C23H19FN4O3. The van der Waals surface area contributed by atoms with Crippen molar-refractivity contribution in [2.75, 3.05) is 31.2 Å². The Kier molecular flexibility index (Phi) is 4.83. The first-order chi connectivity index (χ1) is 15.1. The van der Waals surface area contributed by atoms with E-state index in [0.717, 1.165) is 5.56 Å². The van der Waals surface area contributed by atoms with E-state index >= 15 is 0 Å². The fourth-order valence-electron chi connectivity index (χ4n) is 3.75. The van der Waals surface area contributed by atoms with Crippen molar-refractivity contribution in [3.05, 3.63) is 78.0 Å². The predicted molar refractivity (Wildman–Crippen MR) is 113 cm³/mol. The predicted octanol–water partition coefficient (Wildman–Crippen LogP) is 3.31. The first-order valence-corrected chi connectivity index (χ1v) is 9.91. The molecule has 1 aliphatic rings. The number of ether oxygens (including phenoxy) is 1. The van der Waals surface area contributed by atoms with Gasteiger partial charge in [-0.05, 0) is 48.5 Å². The van der Waals surface area contributed by atoms with E-state index < -0.39 is 5.82 Å². The van der Waals surface area contributed by atoms with E-state index in [1.54, 1.807) is 36.7 Å². The Morgan fingerprint density at radius 3 is 2.45 bits per heavy atom. The Bertz CT molecular complexity index is 1250. The van der Waals surface area contributed by atoms with Gasteiger partial charge in [0.05, 0.1) is 18.9 Å². The molecule has 1 saturated heterocycles. The molecule has 0 amide bonds. The highest BCUT2D eigenvalue weighted by Crippen LogP contribution is 2.31. The summed E-state index contributed by atoms with van der Waals surface area (Å²) >= 11 is 0. The second kappa shape index (κ2) is 7.81. The Morgan fingerprint density at radius 1 is 1.03 bits per heavy atom. The van der Waals surface area contributed by atoms with Crippen molar-refractivity contribution >= 4 is 17.2 Å². The number of phenolic OH excluding ortho intramolecular Hbond substituents is 1. The Morgan fingerprint density at radius 2 is 1.74 bits per heavy atom. The molecule has 0 bridgehead atoms. The van der Waals surface area contributed by atoms with Crippen molar-refractivity contribution in [2.24, 2.45) is 0 Å². The lowest BCUT2D eigenvalue weighted by atomic mass is 10.0. The molecule has 7 nitrogen and oxygen atoms in total. The lowest BCUT2D eigenvalue weighted by molar-refractivity contribution is 0.103. The monoisotopic (exact) mass is 418 g/mol. The SMILES string of the molecule is O=C(c1ccc(F)cc1)c1nc2c(N3CCOCC3)nccn2c1-c1ccc(O)cc1. The standard InChI is InChI=1S/C23H19FN4O3/c24-17-5-1-16(2-6-17)21(30)19-20(15-3-7-18(29)8-4-15)28-10-9-25-22(23(28)26-19)27-11-13-31-14-12-27/h1-10,29H,11-14H2. The average molecular weight is 418 g/mol. The molecule has 156 valence electrons. The van der Waals surface area contributed by atoms with Crippen LogP contribution in [0.1, 0.15) is 16.1 Å². The lowest BCUT2D eigenvalue weighted by Gasteiger charge is -2.27. The van der Waals surface area contributed by atoms with Crippen LogP contribution in [-0.4, -0.2) is 51.6 Å². The summed E-state index contributed by atoms with van der Waals surface area (Å²) in [7, 11) is 0. The van der Waals surface area contributed by atoms with Gasteiger partial charge in [0.15, 0.2) is 11.5 Å². The number of anilines is 1. The molecule has 2 aromatic carbocycles. The summed E-state index contributed by atoms with van der Waals surface area (Å²) in [6.45, 7) is 2.54. The normalized spacial score (nSPS) is 14.2. The number of carbonyl (C=O) groups excluding carboxylic acids is 1. The van der Waals surface area contributed by atoms with E-state index in [1.165, 1.54) is 24.3 Å². The van der Waals surface area contributed by atoms with E-state index in [4.69, 9.17) is 9.72 Å². The van der Waals surface area contributed by atoms with Gasteiger partial charge in [-0.15, -0.1) is 0 Å². The van der Waals surface area contributed by atoms with Crippen LogP contribution < -0.4 is 4.90 Å². The maximum absolute atomic E-state index is 13.4. The zero-order chi connectivity index (χ0) is 21.4. The third-order valence-corrected chi connectivity index (χ3v) is 5.30. The fourth-order valence-corrected chi connectivity index (χ4v) is 3.75. The summed E-state index contributed by atoms with van der Waals surface area (Å²) in [5.41, 5.74) is 2.43. The maximum atomic E-state index is 13.4. The van der Waals surface area contributed by atoms with Gasteiger partial charge in [-0.1, -0.05) is 0 Å². The molecule has 3 heterocycles.